The van der Waals surface area contributed by atoms with E-state index in [-0.39, 0.29) is 5.91 Å². The maximum atomic E-state index is 11.5. The van der Waals surface area contributed by atoms with Crippen LogP contribution < -0.4 is 15.5 Å². The molecule has 1 heterocycles. The number of carbonyl (C=O) groups is 1. The molecule has 5 heteroatoms. The Bertz CT molecular complexity index is 417. The van der Waals surface area contributed by atoms with Gasteiger partial charge in [-0.15, -0.1) is 0 Å². The van der Waals surface area contributed by atoms with Crippen LogP contribution in [0.1, 0.15) is 5.56 Å². The molecule has 19 heavy (non-hydrogen) atoms. The zero-order chi connectivity index (χ0) is 13.5. The molecule has 2 N–H and O–H groups in total. The summed E-state index contributed by atoms with van der Waals surface area (Å²) >= 11 is 0. The van der Waals surface area contributed by atoms with E-state index >= 15 is 0 Å². The molecule has 1 aliphatic heterocycles. The van der Waals surface area contributed by atoms with Crippen LogP contribution in [-0.4, -0.2) is 45.8 Å². The minimum absolute atomic E-state index is 0.0132. The Hall–Kier alpha value is -1.59. The van der Waals surface area contributed by atoms with E-state index in [1.54, 1.807) is 7.05 Å². The lowest BCUT2D eigenvalue weighted by Gasteiger charge is -2.30. The molecule has 1 aliphatic rings. The molecule has 1 saturated heterocycles. The fourth-order valence-electron chi connectivity index (χ4n) is 2.19. The van der Waals surface area contributed by atoms with E-state index in [0.717, 1.165) is 31.9 Å². The molecular formula is C14H21N3O2. The van der Waals surface area contributed by atoms with Crippen LogP contribution in [0.25, 0.3) is 0 Å². The highest BCUT2D eigenvalue weighted by Gasteiger charge is 2.14. The second-order valence-corrected chi connectivity index (χ2v) is 4.54. The van der Waals surface area contributed by atoms with Crippen LogP contribution >= 0.6 is 0 Å². The maximum absolute atomic E-state index is 11.5. The molecule has 0 aromatic heterocycles. The summed E-state index contributed by atoms with van der Waals surface area (Å²) in [5.74, 6) is 0.0132. The van der Waals surface area contributed by atoms with Gasteiger partial charge in [-0.05, 0) is 18.7 Å². The van der Waals surface area contributed by atoms with E-state index < -0.39 is 0 Å². The molecule has 5 nitrogen and oxygen atoms in total. The van der Waals surface area contributed by atoms with Crippen LogP contribution in [0.4, 0.5) is 5.69 Å². The standard InChI is InChI=1S/C14H21N3O2/c1-15-11-14(18)16-10-12-4-2-3-5-13(12)17-6-8-19-9-7-17/h2-5,15H,6-11H2,1H3,(H,16,18). The Morgan fingerprint density at radius 2 is 2.05 bits per heavy atom. The van der Waals surface area contributed by atoms with Gasteiger partial charge in [-0.3, -0.25) is 4.79 Å². The van der Waals surface area contributed by atoms with Crippen LogP contribution in [0, 0.1) is 0 Å². The van der Waals surface area contributed by atoms with Crippen molar-refractivity contribution in [2.45, 2.75) is 6.54 Å². The van der Waals surface area contributed by atoms with Gasteiger partial charge in [-0.2, -0.15) is 0 Å². The number of rotatable bonds is 5. The summed E-state index contributed by atoms with van der Waals surface area (Å²) in [6, 6.07) is 8.20. The molecule has 0 aliphatic carbocycles. The number of anilines is 1. The summed E-state index contributed by atoms with van der Waals surface area (Å²) in [4.78, 5) is 13.8. The largest absolute Gasteiger partial charge is 0.378 e. The first kappa shape index (κ1) is 13.8. The topological polar surface area (TPSA) is 53.6 Å². The van der Waals surface area contributed by atoms with E-state index in [1.807, 2.05) is 12.1 Å². The molecule has 1 amide bonds. The second kappa shape index (κ2) is 7.11. The van der Waals surface area contributed by atoms with Gasteiger partial charge in [-0.1, -0.05) is 18.2 Å². The van der Waals surface area contributed by atoms with Crippen LogP contribution in [0.3, 0.4) is 0 Å². The van der Waals surface area contributed by atoms with Crippen molar-refractivity contribution in [3.63, 3.8) is 0 Å². The Morgan fingerprint density at radius 3 is 2.79 bits per heavy atom. The van der Waals surface area contributed by atoms with Crippen molar-refractivity contribution < 1.29 is 9.53 Å². The molecule has 1 fully saturated rings. The summed E-state index contributed by atoms with van der Waals surface area (Å²) < 4.78 is 5.37. The lowest BCUT2D eigenvalue weighted by Crippen LogP contribution is -2.37. The number of carbonyl (C=O) groups excluding carboxylic acids is 1. The number of para-hydroxylation sites is 1. The number of nitrogens with one attached hydrogen (secondary N) is 2. The Kier molecular flexibility index (Phi) is 5.18. The third kappa shape index (κ3) is 3.94. The molecule has 0 unspecified atom stereocenters. The lowest BCUT2D eigenvalue weighted by atomic mass is 10.1. The van der Waals surface area contributed by atoms with Crippen LogP contribution in [-0.2, 0) is 16.1 Å². The van der Waals surface area contributed by atoms with Gasteiger partial charge < -0.3 is 20.3 Å². The third-order valence-electron chi connectivity index (χ3n) is 3.16. The van der Waals surface area contributed by atoms with Gasteiger partial charge in [0.05, 0.1) is 19.8 Å². The summed E-state index contributed by atoms with van der Waals surface area (Å²) in [6.07, 6.45) is 0. The molecule has 2 rings (SSSR count). The minimum Gasteiger partial charge on any atom is -0.378 e. The van der Waals surface area contributed by atoms with Crippen LogP contribution in [0.2, 0.25) is 0 Å². The quantitative estimate of drug-likeness (QED) is 0.805. The predicted molar refractivity (Wildman–Crippen MR) is 75.2 cm³/mol. The van der Waals surface area contributed by atoms with Gasteiger partial charge in [0.25, 0.3) is 0 Å². The SMILES string of the molecule is CNCC(=O)NCc1ccccc1N1CCOCC1. The number of hydrogen-bond acceptors (Lipinski definition) is 4. The van der Waals surface area contributed by atoms with E-state index in [0.29, 0.717) is 13.1 Å². The van der Waals surface area contributed by atoms with E-state index in [2.05, 4.69) is 27.7 Å². The fraction of sp³-hybridized carbons (Fsp3) is 0.500. The number of hydrogen-bond donors (Lipinski definition) is 2. The number of morpholine rings is 1. The average Bonchev–Trinajstić information content (AvgIpc) is 2.47. The third-order valence-corrected chi connectivity index (χ3v) is 3.16. The minimum atomic E-state index is 0.0132. The Morgan fingerprint density at radius 1 is 1.32 bits per heavy atom. The van der Waals surface area contributed by atoms with Gasteiger partial charge >= 0.3 is 0 Å². The molecule has 1 aromatic carbocycles. The highest BCUT2D eigenvalue weighted by atomic mass is 16.5. The predicted octanol–water partition coefficient (Wildman–Crippen LogP) is 0.359. The number of nitrogens with zero attached hydrogens (tertiary/aromatic N) is 1. The smallest absolute Gasteiger partial charge is 0.234 e. The fourth-order valence-corrected chi connectivity index (χ4v) is 2.19. The lowest BCUT2D eigenvalue weighted by molar-refractivity contribution is -0.120. The van der Waals surface area contributed by atoms with Crippen LogP contribution in [0.15, 0.2) is 24.3 Å². The molecular weight excluding hydrogens is 242 g/mol. The maximum Gasteiger partial charge on any atom is 0.234 e. The van der Waals surface area contributed by atoms with Gasteiger partial charge in [0, 0.05) is 25.3 Å². The highest BCUT2D eigenvalue weighted by molar-refractivity contribution is 5.78. The van der Waals surface area contributed by atoms with Gasteiger partial charge in [0.2, 0.25) is 5.91 Å². The van der Waals surface area contributed by atoms with Crippen molar-refractivity contribution >= 4 is 11.6 Å². The zero-order valence-corrected chi connectivity index (χ0v) is 11.3. The van der Waals surface area contributed by atoms with Crippen LogP contribution in [0.5, 0.6) is 0 Å². The van der Waals surface area contributed by atoms with Crippen molar-refractivity contribution in [2.75, 3.05) is 44.8 Å². The first-order valence-electron chi connectivity index (χ1n) is 6.63. The molecule has 0 saturated carbocycles. The molecule has 0 bridgehead atoms. The number of amides is 1. The van der Waals surface area contributed by atoms with Crippen molar-refractivity contribution in [3.05, 3.63) is 29.8 Å². The monoisotopic (exact) mass is 263 g/mol. The number of benzene rings is 1. The number of likely N-dealkylation sites (N-methyl/N-ethyl adjacent to an activating group) is 1. The van der Waals surface area contributed by atoms with Gasteiger partial charge in [-0.25, -0.2) is 0 Å². The van der Waals surface area contributed by atoms with Gasteiger partial charge in [0.1, 0.15) is 0 Å². The van der Waals surface area contributed by atoms with Crippen molar-refractivity contribution in [2.24, 2.45) is 0 Å². The first-order chi connectivity index (χ1) is 9.31. The van der Waals surface area contributed by atoms with E-state index in [4.69, 9.17) is 4.74 Å². The Balaban J connectivity index is 2.01. The summed E-state index contributed by atoms with van der Waals surface area (Å²) in [5, 5.41) is 5.76. The average molecular weight is 263 g/mol. The van der Waals surface area contributed by atoms with E-state index in [9.17, 15) is 4.79 Å². The molecule has 0 radical (unpaired) electrons. The zero-order valence-electron chi connectivity index (χ0n) is 11.3. The Labute approximate surface area is 113 Å². The van der Waals surface area contributed by atoms with Gasteiger partial charge in [0.15, 0.2) is 0 Å². The molecule has 104 valence electrons. The van der Waals surface area contributed by atoms with E-state index in [1.165, 1.54) is 5.69 Å². The normalized spacial score (nSPS) is 15.3. The first-order valence-corrected chi connectivity index (χ1v) is 6.63. The summed E-state index contributed by atoms with van der Waals surface area (Å²) in [6.45, 7) is 4.25. The molecule has 1 aromatic rings. The van der Waals surface area contributed by atoms with Crippen molar-refractivity contribution in [3.8, 4) is 0 Å². The van der Waals surface area contributed by atoms with Crippen molar-refractivity contribution in [1.29, 1.82) is 0 Å². The molecule has 0 atom stereocenters. The summed E-state index contributed by atoms with van der Waals surface area (Å²) in [5.41, 5.74) is 2.34. The molecule has 0 spiro atoms. The van der Waals surface area contributed by atoms with Crippen molar-refractivity contribution in [1.82, 2.24) is 10.6 Å². The summed E-state index contributed by atoms with van der Waals surface area (Å²) in [7, 11) is 1.77. The second-order valence-electron chi connectivity index (χ2n) is 4.54. The highest BCUT2D eigenvalue weighted by Crippen LogP contribution is 2.21. The number of ether oxygens (including phenoxy) is 1.